The summed E-state index contributed by atoms with van der Waals surface area (Å²) in [6.45, 7) is 6.27. The first-order chi connectivity index (χ1) is 9.92. The number of nitrogens with one attached hydrogen (secondary N) is 1. The zero-order valence-electron chi connectivity index (χ0n) is 12.8. The van der Waals surface area contributed by atoms with Crippen LogP contribution in [0.25, 0.3) is 0 Å². The van der Waals surface area contributed by atoms with E-state index in [-0.39, 0.29) is 24.4 Å². The van der Waals surface area contributed by atoms with E-state index in [0.717, 1.165) is 4.90 Å². The van der Waals surface area contributed by atoms with Gasteiger partial charge in [0.25, 0.3) is 0 Å². The minimum absolute atomic E-state index is 0.0520. The summed E-state index contributed by atoms with van der Waals surface area (Å²) >= 11 is 1.42. The summed E-state index contributed by atoms with van der Waals surface area (Å²) < 4.78 is 0. The number of carbonyl (C=O) groups excluding carboxylic acids is 2. The number of nitrogens with zero attached hydrogens (tertiary/aromatic N) is 1. The van der Waals surface area contributed by atoms with Crippen molar-refractivity contribution in [3.05, 3.63) is 24.3 Å². The number of hydrogen-bond donors (Lipinski definition) is 2. The Kier molecular flexibility index (Phi) is 7.08. The lowest BCUT2D eigenvalue weighted by Crippen LogP contribution is -2.43. The molecule has 0 saturated heterocycles. The van der Waals surface area contributed by atoms with Gasteiger partial charge in [0.05, 0.1) is 12.3 Å². The van der Waals surface area contributed by atoms with Crippen LogP contribution in [0.1, 0.15) is 20.8 Å². The summed E-state index contributed by atoms with van der Waals surface area (Å²) in [5.41, 5.74) is 6.38. The Hall–Kier alpha value is -1.69. The summed E-state index contributed by atoms with van der Waals surface area (Å²) in [6, 6.07) is 7.49. The molecule has 0 spiro atoms. The molecule has 3 N–H and O–H groups in total. The van der Waals surface area contributed by atoms with Gasteiger partial charge in [0.2, 0.25) is 11.8 Å². The smallest absolute Gasteiger partial charge is 0.239 e. The molecule has 5 nitrogen and oxygen atoms in total. The first-order valence-corrected chi connectivity index (χ1v) is 7.96. The van der Waals surface area contributed by atoms with Gasteiger partial charge >= 0.3 is 0 Å². The number of likely N-dealkylation sites (N-methyl/N-ethyl adjacent to an activating group) is 1. The van der Waals surface area contributed by atoms with Gasteiger partial charge in [0, 0.05) is 23.2 Å². The van der Waals surface area contributed by atoms with Crippen LogP contribution in [0, 0.1) is 0 Å². The van der Waals surface area contributed by atoms with E-state index in [9.17, 15) is 9.59 Å². The van der Waals surface area contributed by atoms with Crippen molar-refractivity contribution in [2.75, 3.05) is 24.6 Å². The van der Waals surface area contributed by atoms with E-state index in [1.165, 1.54) is 11.8 Å². The molecule has 2 amide bonds. The van der Waals surface area contributed by atoms with E-state index in [4.69, 9.17) is 5.73 Å². The second-order valence-corrected chi connectivity index (χ2v) is 6.04. The van der Waals surface area contributed by atoms with E-state index < -0.39 is 0 Å². The Morgan fingerprint density at radius 1 is 1.38 bits per heavy atom. The lowest BCUT2D eigenvalue weighted by Gasteiger charge is -2.21. The van der Waals surface area contributed by atoms with Gasteiger partial charge in [0.1, 0.15) is 0 Å². The molecule has 0 bridgehead atoms. The van der Waals surface area contributed by atoms with Gasteiger partial charge in [-0.1, -0.05) is 6.07 Å². The Morgan fingerprint density at radius 3 is 2.67 bits per heavy atom. The van der Waals surface area contributed by atoms with Crippen molar-refractivity contribution in [1.29, 1.82) is 0 Å². The van der Waals surface area contributed by atoms with Crippen LogP contribution in [0.15, 0.2) is 29.2 Å². The number of nitrogen functional groups attached to an aromatic ring is 1. The predicted molar refractivity (Wildman–Crippen MR) is 87.1 cm³/mol. The highest BCUT2D eigenvalue weighted by Gasteiger charge is 2.16. The van der Waals surface area contributed by atoms with Crippen LogP contribution in [0.5, 0.6) is 0 Å². The second-order valence-electron chi connectivity index (χ2n) is 4.99. The van der Waals surface area contributed by atoms with Crippen LogP contribution >= 0.6 is 11.8 Å². The molecule has 0 aliphatic carbocycles. The number of amides is 2. The summed E-state index contributed by atoms with van der Waals surface area (Å²) in [5.74, 6) is 0.115. The topological polar surface area (TPSA) is 75.4 Å². The first-order valence-electron chi connectivity index (χ1n) is 6.97. The first kappa shape index (κ1) is 17.4. The zero-order chi connectivity index (χ0) is 15.8. The lowest BCUT2D eigenvalue weighted by molar-refractivity contribution is -0.134. The molecule has 0 unspecified atom stereocenters. The monoisotopic (exact) mass is 309 g/mol. The van der Waals surface area contributed by atoms with E-state index in [2.05, 4.69) is 5.32 Å². The van der Waals surface area contributed by atoms with Gasteiger partial charge in [-0.2, -0.15) is 0 Å². The number of hydrogen-bond acceptors (Lipinski definition) is 4. The number of rotatable bonds is 7. The average Bonchev–Trinajstić information content (AvgIpc) is 2.41. The number of thioether (sulfide) groups is 1. The number of anilines is 1. The van der Waals surface area contributed by atoms with Gasteiger partial charge < -0.3 is 16.0 Å². The number of nitrogens with two attached hydrogens (primary N) is 1. The highest BCUT2D eigenvalue weighted by molar-refractivity contribution is 8.00. The number of benzene rings is 1. The molecular weight excluding hydrogens is 286 g/mol. The summed E-state index contributed by atoms with van der Waals surface area (Å²) in [4.78, 5) is 26.4. The summed E-state index contributed by atoms with van der Waals surface area (Å²) in [5, 5.41) is 2.79. The fraction of sp³-hybridized carbons (Fsp3) is 0.467. The summed E-state index contributed by atoms with van der Waals surface area (Å²) in [6.07, 6.45) is 0. The maximum Gasteiger partial charge on any atom is 0.239 e. The molecular formula is C15H23N3O2S. The molecule has 1 aromatic rings. The Labute approximate surface area is 130 Å². The maximum atomic E-state index is 12.1. The van der Waals surface area contributed by atoms with E-state index in [1.807, 2.05) is 39.0 Å². The molecule has 1 aromatic carbocycles. The van der Waals surface area contributed by atoms with Crippen molar-refractivity contribution in [3.8, 4) is 0 Å². The molecule has 0 radical (unpaired) electrons. The van der Waals surface area contributed by atoms with Crippen molar-refractivity contribution in [1.82, 2.24) is 10.2 Å². The van der Waals surface area contributed by atoms with Crippen molar-refractivity contribution in [2.24, 2.45) is 0 Å². The Bertz CT molecular complexity index is 492. The fourth-order valence-electron chi connectivity index (χ4n) is 1.76. The molecule has 116 valence electrons. The van der Waals surface area contributed by atoms with Crippen LogP contribution in [0.3, 0.4) is 0 Å². The highest BCUT2D eigenvalue weighted by atomic mass is 32.2. The van der Waals surface area contributed by atoms with Crippen molar-refractivity contribution >= 4 is 29.3 Å². The molecule has 0 aliphatic rings. The van der Waals surface area contributed by atoms with Crippen molar-refractivity contribution in [2.45, 2.75) is 31.7 Å². The molecule has 6 heteroatoms. The van der Waals surface area contributed by atoms with E-state index in [0.29, 0.717) is 18.0 Å². The number of carbonyl (C=O) groups is 2. The average molecular weight is 309 g/mol. The van der Waals surface area contributed by atoms with E-state index >= 15 is 0 Å². The van der Waals surface area contributed by atoms with Crippen LogP contribution in [0.4, 0.5) is 5.69 Å². The van der Waals surface area contributed by atoms with Gasteiger partial charge in [-0.15, -0.1) is 11.8 Å². The zero-order valence-corrected chi connectivity index (χ0v) is 13.6. The Balaban J connectivity index is 2.49. The van der Waals surface area contributed by atoms with Crippen molar-refractivity contribution < 1.29 is 9.59 Å². The molecule has 1 rings (SSSR count). The van der Waals surface area contributed by atoms with Gasteiger partial charge in [0.15, 0.2) is 0 Å². The normalized spacial score (nSPS) is 10.5. The third kappa shape index (κ3) is 6.53. The third-order valence-electron chi connectivity index (χ3n) is 2.74. The quantitative estimate of drug-likeness (QED) is 0.594. The standard InChI is InChI=1S/C15H23N3O2S/c1-4-18(9-14(19)17-11(2)3)15(20)10-21-13-7-5-6-12(16)8-13/h5-8,11H,4,9-10,16H2,1-3H3,(H,17,19). The van der Waals surface area contributed by atoms with Crippen LogP contribution in [-0.4, -0.2) is 41.6 Å². The molecule has 0 aromatic heterocycles. The maximum absolute atomic E-state index is 12.1. The largest absolute Gasteiger partial charge is 0.399 e. The third-order valence-corrected chi connectivity index (χ3v) is 3.72. The minimum atomic E-state index is -0.130. The van der Waals surface area contributed by atoms with Gasteiger partial charge in [-0.3, -0.25) is 9.59 Å². The molecule has 0 atom stereocenters. The van der Waals surface area contributed by atoms with Crippen molar-refractivity contribution in [3.63, 3.8) is 0 Å². The lowest BCUT2D eigenvalue weighted by atomic mass is 10.3. The second kappa shape index (κ2) is 8.56. The summed E-state index contributed by atoms with van der Waals surface area (Å²) in [7, 11) is 0. The molecule has 0 saturated carbocycles. The molecule has 0 heterocycles. The minimum Gasteiger partial charge on any atom is -0.399 e. The van der Waals surface area contributed by atoms with Crippen LogP contribution in [-0.2, 0) is 9.59 Å². The Morgan fingerprint density at radius 2 is 2.10 bits per heavy atom. The van der Waals surface area contributed by atoms with Crippen LogP contribution < -0.4 is 11.1 Å². The molecule has 0 fully saturated rings. The fourth-order valence-corrected chi connectivity index (χ4v) is 2.62. The molecule has 0 aliphatic heterocycles. The SMILES string of the molecule is CCN(CC(=O)NC(C)C)C(=O)CSc1cccc(N)c1. The van der Waals surface area contributed by atoms with Gasteiger partial charge in [-0.25, -0.2) is 0 Å². The van der Waals surface area contributed by atoms with Crippen LogP contribution in [0.2, 0.25) is 0 Å². The van der Waals surface area contributed by atoms with Gasteiger partial charge in [-0.05, 0) is 39.0 Å². The molecule has 21 heavy (non-hydrogen) atoms. The highest BCUT2D eigenvalue weighted by Crippen LogP contribution is 2.20. The van der Waals surface area contributed by atoms with E-state index in [1.54, 1.807) is 11.0 Å². The predicted octanol–water partition coefficient (Wildman–Crippen LogP) is 1.73.